The fourth-order valence-electron chi connectivity index (χ4n) is 2.92. The topological polar surface area (TPSA) is 89.3 Å². The number of hydrogen-bond donors (Lipinski definition) is 1. The Labute approximate surface area is 134 Å². The number of nitrogens with one attached hydrogen (secondary N) is 1. The molecule has 0 aliphatic heterocycles. The highest BCUT2D eigenvalue weighted by atomic mass is 32.2. The summed E-state index contributed by atoms with van der Waals surface area (Å²) in [5.74, 6) is -0.270. The predicted molar refractivity (Wildman–Crippen MR) is 86.4 cm³/mol. The summed E-state index contributed by atoms with van der Waals surface area (Å²) >= 11 is 0. The molecule has 0 heterocycles. The van der Waals surface area contributed by atoms with Gasteiger partial charge in [-0.05, 0) is 29.5 Å². The van der Waals surface area contributed by atoms with Crippen molar-refractivity contribution in [2.45, 2.75) is 24.6 Å². The minimum atomic E-state index is -3.58. The van der Waals surface area contributed by atoms with Crippen molar-refractivity contribution >= 4 is 15.7 Å². The summed E-state index contributed by atoms with van der Waals surface area (Å²) in [4.78, 5) is 10.2. The first kappa shape index (κ1) is 15.6. The van der Waals surface area contributed by atoms with Crippen molar-refractivity contribution in [3.05, 3.63) is 75.3 Å². The van der Waals surface area contributed by atoms with Crippen molar-refractivity contribution in [1.29, 1.82) is 0 Å². The van der Waals surface area contributed by atoms with Crippen molar-refractivity contribution in [3.8, 4) is 0 Å². The van der Waals surface area contributed by atoms with Gasteiger partial charge >= 0.3 is 0 Å². The maximum Gasteiger partial charge on any atom is 0.269 e. The second-order valence-electron chi connectivity index (χ2n) is 5.59. The van der Waals surface area contributed by atoms with Crippen LogP contribution >= 0.6 is 0 Å². The molecule has 2 aromatic rings. The lowest BCUT2D eigenvalue weighted by molar-refractivity contribution is -0.384. The van der Waals surface area contributed by atoms with Gasteiger partial charge in [0.1, 0.15) is 0 Å². The van der Waals surface area contributed by atoms with Crippen LogP contribution < -0.4 is 4.72 Å². The molecular weight excluding hydrogens is 316 g/mol. The first-order valence-electron chi connectivity index (χ1n) is 7.26. The molecule has 0 radical (unpaired) electrons. The Balaban J connectivity index is 1.76. The van der Waals surface area contributed by atoms with Gasteiger partial charge in [0.15, 0.2) is 0 Å². The van der Waals surface area contributed by atoms with Crippen LogP contribution in [0.4, 0.5) is 5.69 Å². The van der Waals surface area contributed by atoms with E-state index in [-0.39, 0.29) is 17.5 Å². The molecule has 0 saturated heterocycles. The Kier molecular flexibility index (Phi) is 4.14. The highest BCUT2D eigenvalue weighted by Crippen LogP contribution is 2.31. The van der Waals surface area contributed by atoms with Gasteiger partial charge in [-0.2, -0.15) is 0 Å². The molecule has 0 bridgehead atoms. The molecule has 1 aliphatic carbocycles. The molecule has 0 spiro atoms. The first-order valence-corrected chi connectivity index (χ1v) is 8.91. The van der Waals surface area contributed by atoms with Crippen molar-refractivity contribution in [3.63, 3.8) is 0 Å². The molecule has 1 aliphatic rings. The highest BCUT2D eigenvalue weighted by molar-refractivity contribution is 7.88. The smallest absolute Gasteiger partial charge is 0.258 e. The molecule has 0 saturated carbocycles. The number of nitrogens with zero attached hydrogens (tertiary/aromatic N) is 1. The van der Waals surface area contributed by atoms with Crippen molar-refractivity contribution in [2.24, 2.45) is 0 Å². The molecule has 120 valence electrons. The van der Waals surface area contributed by atoms with Gasteiger partial charge in [0, 0.05) is 18.2 Å². The summed E-state index contributed by atoms with van der Waals surface area (Å²) < 4.78 is 27.4. The van der Waals surface area contributed by atoms with Crippen LogP contribution in [-0.4, -0.2) is 13.3 Å². The Bertz CT molecular complexity index is 849. The van der Waals surface area contributed by atoms with Gasteiger partial charge in [-0.3, -0.25) is 10.1 Å². The summed E-state index contributed by atoms with van der Waals surface area (Å²) in [6.45, 7) is 0. The van der Waals surface area contributed by atoms with Gasteiger partial charge in [0.2, 0.25) is 10.0 Å². The lowest BCUT2D eigenvalue weighted by Gasteiger charge is -2.14. The number of non-ortho nitro benzene ring substituents is 1. The molecule has 0 amide bonds. The van der Waals surface area contributed by atoms with Crippen LogP contribution in [0.1, 0.15) is 29.2 Å². The van der Waals surface area contributed by atoms with Crippen molar-refractivity contribution < 1.29 is 13.3 Å². The van der Waals surface area contributed by atoms with Gasteiger partial charge in [-0.1, -0.05) is 36.4 Å². The summed E-state index contributed by atoms with van der Waals surface area (Å²) in [5.41, 5.74) is 2.47. The average Bonchev–Trinajstić information content (AvgIpc) is 2.90. The fraction of sp³-hybridized carbons (Fsp3) is 0.250. The quantitative estimate of drug-likeness (QED) is 0.673. The Morgan fingerprint density at radius 2 is 1.96 bits per heavy atom. The standard InChI is InChI=1S/C16H16N2O4S/c19-18(20)14-6-3-4-12(10-14)11-23(21,22)17-16-9-8-13-5-1-2-7-15(13)16/h1-7,10,16-17H,8-9,11H2/t16-/m0/s1. The van der Waals surface area contributed by atoms with E-state index in [1.165, 1.54) is 18.2 Å². The Morgan fingerprint density at radius 1 is 1.17 bits per heavy atom. The SMILES string of the molecule is O=[N+]([O-])c1cccc(CS(=O)(=O)N[C@H]2CCc3ccccc32)c1. The largest absolute Gasteiger partial charge is 0.269 e. The van der Waals surface area contributed by atoms with Crippen molar-refractivity contribution in [1.82, 2.24) is 4.72 Å². The predicted octanol–water partition coefficient (Wildman–Crippen LogP) is 2.70. The number of nitro groups is 1. The van der Waals surface area contributed by atoms with Gasteiger partial charge in [0.25, 0.3) is 5.69 Å². The summed E-state index contributed by atoms with van der Waals surface area (Å²) in [6.07, 6.45) is 1.58. The third-order valence-electron chi connectivity index (χ3n) is 3.93. The number of nitro benzene ring substituents is 1. The molecule has 3 rings (SSSR count). The minimum absolute atomic E-state index is 0.107. The molecule has 1 N–H and O–H groups in total. The molecule has 2 aromatic carbocycles. The summed E-state index contributed by atoms with van der Waals surface area (Å²) in [5, 5.41) is 10.8. The van der Waals surface area contributed by atoms with Crippen LogP contribution in [0.5, 0.6) is 0 Å². The third-order valence-corrected chi connectivity index (χ3v) is 5.29. The van der Waals surface area contributed by atoms with Crippen LogP contribution in [0.3, 0.4) is 0 Å². The monoisotopic (exact) mass is 332 g/mol. The normalized spacial score (nSPS) is 17.0. The second kappa shape index (κ2) is 6.10. The average molecular weight is 332 g/mol. The molecule has 1 atom stereocenters. The number of hydrogen-bond acceptors (Lipinski definition) is 4. The van der Waals surface area contributed by atoms with Gasteiger partial charge in [0.05, 0.1) is 10.7 Å². The van der Waals surface area contributed by atoms with E-state index in [2.05, 4.69) is 4.72 Å². The molecule has 6 nitrogen and oxygen atoms in total. The number of rotatable bonds is 5. The van der Waals surface area contributed by atoms with Crippen molar-refractivity contribution in [2.75, 3.05) is 0 Å². The Morgan fingerprint density at radius 3 is 2.74 bits per heavy atom. The van der Waals surface area contributed by atoms with Gasteiger partial charge < -0.3 is 0 Å². The number of fused-ring (bicyclic) bond motifs is 1. The van der Waals surface area contributed by atoms with E-state index in [0.29, 0.717) is 5.56 Å². The van der Waals surface area contributed by atoms with Crippen LogP contribution in [0.25, 0.3) is 0 Å². The molecule has 0 aromatic heterocycles. The zero-order chi connectivity index (χ0) is 16.4. The highest BCUT2D eigenvalue weighted by Gasteiger charge is 2.26. The van der Waals surface area contributed by atoms with Crippen LogP contribution in [0.15, 0.2) is 48.5 Å². The lowest BCUT2D eigenvalue weighted by Crippen LogP contribution is -2.28. The molecule has 7 heteroatoms. The zero-order valence-electron chi connectivity index (χ0n) is 12.3. The van der Waals surface area contributed by atoms with E-state index >= 15 is 0 Å². The van der Waals surface area contributed by atoms with Crippen LogP contribution in [0.2, 0.25) is 0 Å². The summed E-state index contributed by atoms with van der Waals surface area (Å²) in [6, 6.07) is 13.3. The van der Waals surface area contributed by atoms with Crippen LogP contribution in [0, 0.1) is 10.1 Å². The number of aryl methyl sites for hydroxylation is 1. The second-order valence-corrected chi connectivity index (χ2v) is 7.35. The van der Waals surface area contributed by atoms with E-state index < -0.39 is 14.9 Å². The van der Waals surface area contributed by atoms with E-state index in [1.807, 2.05) is 24.3 Å². The zero-order valence-corrected chi connectivity index (χ0v) is 13.1. The van der Waals surface area contributed by atoms with Gasteiger partial charge in [-0.25, -0.2) is 13.1 Å². The minimum Gasteiger partial charge on any atom is -0.258 e. The van der Waals surface area contributed by atoms with E-state index in [4.69, 9.17) is 0 Å². The maximum absolute atomic E-state index is 12.4. The molecule has 23 heavy (non-hydrogen) atoms. The van der Waals surface area contributed by atoms with E-state index in [9.17, 15) is 18.5 Å². The van der Waals surface area contributed by atoms with Crippen LogP contribution in [-0.2, 0) is 22.2 Å². The maximum atomic E-state index is 12.4. The third kappa shape index (κ3) is 3.57. The Hall–Kier alpha value is -2.25. The number of benzene rings is 2. The number of sulfonamides is 1. The van der Waals surface area contributed by atoms with E-state index in [1.54, 1.807) is 6.07 Å². The molecule has 0 unspecified atom stereocenters. The molecular formula is C16H16N2O4S. The van der Waals surface area contributed by atoms with E-state index in [0.717, 1.165) is 24.0 Å². The van der Waals surface area contributed by atoms with Gasteiger partial charge in [-0.15, -0.1) is 0 Å². The summed E-state index contributed by atoms with van der Waals surface area (Å²) in [7, 11) is -3.58. The first-order chi connectivity index (χ1) is 10.9. The molecule has 0 fully saturated rings. The fourth-order valence-corrected chi connectivity index (χ4v) is 4.30. The lowest BCUT2D eigenvalue weighted by atomic mass is 10.1.